The van der Waals surface area contributed by atoms with E-state index in [1.807, 2.05) is 6.07 Å². The molecule has 1 aromatic rings. The lowest BCUT2D eigenvalue weighted by atomic mass is 10.1. The van der Waals surface area contributed by atoms with Crippen LogP contribution in [0.5, 0.6) is 0 Å². The summed E-state index contributed by atoms with van der Waals surface area (Å²) in [6.45, 7) is 2.32. The van der Waals surface area contributed by atoms with Crippen LogP contribution in [-0.4, -0.2) is 13.1 Å². The minimum atomic E-state index is -0.180. The highest BCUT2D eigenvalue weighted by Crippen LogP contribution is 2.25. The summed E-state index contributed by atoms with van der Waals surface area (Å²) in [6, 6.07) is 5.21. The maximum Gasteiger partial charge on any atom is 0.129 e. The van der Waals surface area contributed by atoms with E-state index in [9.17, 15) is 4.39 Å². The first kappa shape index (κ1) is 10.4. The molecule has 0 saturated carbocycles. The van der Waals surface area contributed by atoms with Crippen LogP contribution in [0.15, 0.2) is 18.2 Å². The third kappa shape index (κ3) is 2.12. The van der Waals surface area contributed by atoms with Gasteiger partial charge in [-0.2, -0.15) is 0 Å². The second-order valence-electron chi connectivity index (χ2n) is 3.99. The molecule has 0 unspecified atom stereocenters. The van der Waals surface area contributed by atoms with Crippen molar-refractivity contribution in [2.75, 3.05) is 18.0 Å². The van der Waals surface area contributed by atoms with Gasteiger partial charge in [0.15, 0.2) is 0 Å². The molecule has 1 heterocycles. The predicted octanol–water partition coefficient (Wildman–Crippen LogP) is 2.27. The number of hydrogen-bond acceptors (Lipinski definition) is 2. The Kier molecular flexibility index (Phi) is 3.21. The average Bonchev–Trinajstić information content (AvgIpc) is 2.30. The molecular formula is C12H17FN2. The highest BCUT2D eigenvalue weighted by Gasteiger charge is 2.15. The van der Waals surface area contributed by atoms with Crippen LogP contribution in [-0.2, 0) is 6.54 Å². The van der Waals surface area contributed by atoms with E-state index in [-0.39, 0.29) is 12.4 Å². The number of benzene rings is 1. The van der Waals surface area contributed by atoms with Gasteiger partial charge in [-0.1, -0.05) is 6.07 Å². The van der Waals surface area contributed by atoms with Crippen LogP contribution in [0.25, 0.3) is 0 Å². The van der Waals surface area contributed by atoms with Crippen molar-refractivity contribution in [1.29, 1.82) is 0 Å². The van der Waals surface area contributed by atoms with E-state index in [0.717, 1.165) is 18.8 Å². The molecule has 3 heteroatoms. The zero-order chi connectivity index (χ0) is 10.7. The van der Waals surface area contributed by atoms with Gasteiger partial charge in [-0.3, -0.25) is 0 Å². The van der Waals surface area contributed by atoms with Crippen molar-refractivity contribution in [3.8, 4) is 0 Å². The molecule has 0 atom stereocenters. The van der Waals surface area contributed by atoms with E-state index >= 15 is 0 Å². The number of nitrogens with two attached hydrogens (primary N) is 1. The number of anilines is 1. The lowest BCUT2D eigenvalue weighted by molar-refractivity contribution is 0.568. The van der Waals surface area contributed by atoms with Gasteiger partial charge in [-0.05, 0) is 31.4 Å². The molecule has 1 aromatic carbocycles. The smallest absolute Gasteiger partial charge is 0.129 e. The normalized spacial score (nSPS) is 16.8. The highest BCUT2D eigenvalue weighted by atomic mass is 19.1. The summed E-state index contributed by atoms with van der Waals surface area (Å²) in [5.74, 6) is -0.180. The van der Waals surface area contributed by atoms with Crippen molar-refractivity contribution >= 4 is 5.69 Å². The number of hydrogen-bond donors (Lipinski definition) is 1. The largest absolute Gasteiger partial charge is 0.371 e. The van der Waals surface area contributed by atoms with Crippen molar-refractivity contribution in [2.45, 2.75) is 25.8 Å². The first-order valence-electron chi connectivity index (χ1n) is 5.55. The van der Waals surface area contributed by atoms with Gasteiger partial charge in [0.05, 0.1) is 0 Å². The Bertz CT molecular complexity index is 332. The van der Waals surface area contributed by atoms with Gasteiger partial charge in [-0.25, -0.2) is 4.39 Å². The molecule has 0 bridgehead atoms. The van der Waals surface area contributed by atoms with Gasteiger partial charge >= 0.3 is 0 Å². The van der Waals surface area contributed by atoms with Gasteiger partial charge in [0.25, 0.3) is 0 Å². The van der Waals surface area contributed by atoms with Crippen LogP contribution < -0.4 is 10.6 Å². The molecule has 0 amide bonds. The summed E-state index contributed by atoms with van der Waals surface area (Å²) in [7, 11) is 0. The third-order valence-electron chi connectivity index (χ3n) is 3.00. The molecule has 2 N–H and O–H groups in total. The van der Waals surface area contributed by atoms with Gasteiger partial charge in [0, 0.05) is 30.9 Å². The third-order valence-corrected chi connectivity index (χ3v) is 3.00. The molecule has 0 spiro atoms. The van der Waals surface area contributed by atoms with E-state index in [1.165, 1.54) is 25.3 Å². The molecule has 15 heavy (non-hydrogen) atoms. The molecule has 2 nitrogen and oxygen atoms in total. The monoisotopic (exact) mass is 208 g/mol. The molecule has 2 rings (SSSR count). The molecular weight excluding hydrogens is 191 g/mol. The van der Waals surface area contributed by atoms with Crippen molar-refractivity contribution in [3.63, 3.8) is 0 Å². The van der Waals surface area contributed by atoms with Crippen molar-refractivity contribution in [2.24, 2.45) is 5.73 Å². The zero-order valence-electron chi connectivity index (χ0n) is 8.88. The fourth-order valence-corrected chi connectivity index (χ4v) is 2.18. The summed E-state index contributed by atoms with van der Waals surface area (Å²) < 4.78 is 13.5. The lowest BCUT2D eigenvalue weighted by Gasteiger charge is -2.30. The van der Waals surface area contributed by atoms with Gasteiger partial charge < -0.3 is 10.6 Å². The second kappa shape index (κ2) is 4.62. The Morgan fingerprint density at radius 2 is 1.93 bits per heavy atom. The first-order valence-corrected chi connectivity index (χ1v) is 5.55. The predicted molar refractivity (Wildman–Crippen MR) is 60.4 cm³/mol. The van der Waals surface area contributed by atoms with Gasteiger partial charge in [-0.15, -0.1) is 0 Å². The van der Waals surface area contributed by atoms with Crippen LogP contribution in [0.3, 0.4) is 0 Å². The number of piperidine rings is 1. The maximum atomic E-state index is 13.5. The van der Waals surface area contributed by atoms with E-state index in [4.69, 9.17) is 5.73 Å². The Balaban J connectivity index is 2.29. The van der Waals surface area contributed by atoms with Crippen molar-refractivity contribution < 1.29 is 4.39 Å². The van der Waals surface area contributed by atoms with Crippen LogP contribution in [0.1, 0.15) is 24.8 Å². The summed E-state index contributed by atoms with van der Waals surface area (Å²) in [4.78, 5) is 2.24. The molecule has 1 saturated heterocycles. The minimum Gasteiger partial charge on any atom is -0.371 e. The quantitative estimate of drug-likeness (QED) is 0.808. The fourth-order valence-electron chi connectivity index (χ4n) is 2.18. The number of halogens is 1. The fraction of sp³-hybridized carbons (Fsp3) is 0.500. The molecule has 1 aliphatic heterocycles. The van der Waals surface area contributed by atoms with Crippen LogP contribution in [0.4, 0.5) is 10.1 Å². The van der Waals surface area contributed by atoms with Crippen LogP contribution in [0.2, 0.25) is 0 Å². The Hall–Kier alpha value is -1.09. The first-order chi connectivity index (χ1) is 7.33. The van der Waals surface area contributed by atoms with Crippen LogP contribution >= 0.6 is 0 Å². The van der Waals surface area contributed by atoms with Crippen molar-refractivity contribution in [1.82, 2.24) is 0 Å². The van der Waals surface area contributed by atoms with Gasteiger partial charge in [0.2, 0.25) is 0 Å². The molecule has 0 aromatic heterocycles. The maximum absolute atomic E-state index is 13.5. The second-order valence-corrected chi connectivity index (χ2v) is 3.99. The molecule has 0 aliphatic carbocycles. The minimum absolute atomic E-state index is 0.180. The summed E-state index contributed by atoms with van der Waals surface area (Å²) in [5, 5.41) is 0. The van der Waals surface area contributed by atoms with Crippen molar-refractivity contribution in [3.05, 3.63) is 29.6 Å². The molecule has 0 radical (unpaired) electrons. The molecule has 82 valence electrons. The summed E-state index contributed by atoms with van der Waals surface area (Å²) >= 11 is 0. The summed E-state index contributed by atoms with van der Waals surface area (Å²) in [5.41, 5.74) is 7.23. The average molecular weight is 208 g/mol. The zero-order valence-corrected chi connectivity index (χ0v) is 8.88. The SMILES string of the molecule is NCc1c(F)cccc1N1CCCCC1. The molecule has 1 fully saturated rings. The number of rotatable bonds is 2. The van der Waals surface area contributed by atoms with Gasteiger partial charge in [0.1, 0.15) is 5.82 Å². The Morgan fingerprint density at radius 1 is 1.20 bits per heavy atom. The van der Waals surface area contributed by atoms with E-state index in [1.54, 1.807) is 6.07 Å². The molecule has 1 aliphatic rings. The highest BCUT2D eigenvalue weighted by molar-refractivity contribution is 5.54. The van der Waals surface area contributed by atoms with Crippen LogP contribution in [0, 0.1) is 5.82 Å². The van der Waals surface area contributed by atoms with E-state index in [0.29, 0.717) is 5.56 Å². The summed E-state index contributed by atoms with van der Waals surface area (Å²) in [6.07, 6.45) is 3.67. The Labute approximate surface area is 89.9 Å². The van der Waals surface area contributed by atoms with E-state index in [2.05, 4.69) is 4.90 Å². The number of nitrogens with zero attached hydrogens (tertiary/aromatic N) is 1. The topological polar surface area (TPSA) is 29.3 Å². The van der Waals surface area contributed by atoms with E-state index < -0.39 is 0 Å². The lowest BCUT2D eigenvalue weighted by Crippen LogP contribution is -2.30. The Morgan fingerprint density at radius 3 is 2.60 bits per heavy atom. The standard InChI is InChI=1S/C12H17FN2/c13-11-5-4-6-12(10(11)9-14)15-7-2-1-3-8-15/h4-6H,1-3,7-9,14H2.